The van der Waals surface area contributed by atoms with Gasteiger partial charge in [0.25, 0.3) is 0 Å². The van der Waals surface area contributed by atoms with Crippen molar-refractivity contribution in [2.24, 2.45) is 0 Å². The molecule has 1 aromatic heterocycles. The lowest BCUT2D eigenvalue weighted by molar-refractivity contribution is 0.0865. The summed E-state index contributed by atoms with van der Waals surface area (Å²) in [7, 11) is 0. The fourth-order valence-electron chi connectivity index (χ4n) is 2.36. The van der Waals surface area contributed by atoms with Crippen LogP contribution in [0.2, 0.25) is 0 Å². The summed E-state index contributed by atoms with van der Waals surface area (Å²) in [6, 6.07) is 4.77. The number of nitrogens with zero attached hydrogens (tertiary/aromatic N) is 2. The molecule has 94 valence electrons. The van der Waals surface area contributed by atoms with Crippen molar-refractivity contribution >= 4 is 0 Å². The van der Waals surface area contributed by atoms with E-state index < -0.39 is 0 Å². The Balaban J connectivity index is 2.04. The highest BCUT2D eigenvalue weighted by Gasteiger charge is 2.32. The van der Waals surface area contributed by atoms with E-state index in [1.54, 1.807) is 0 Å². The van der Waals surface area contributed by atoms with Crippen molar-refractivity contribution in [1.82, 2.24) is 15.2 Å². The molecule has 17 heavy (non-hydrogen) atoms. The maximum absolute atomic E-state index is 4.19. The van der Waals surface area contributed by atoms with Gasteiger partial charge in [-0.15, -0.1) is 0 Å². The molecule has 1 saturated heterocycles. The van der Waals surface area contributed by atoms with Crippen molar-refractivity contribution < 1.29 is 0 Å². The first-order valence-electron chi connectivity index (χ1n) is 6.51. The Morgan fingerprint density at radius 1 is 1.59 bits per heavy atom. The van der Waals surface area contributed by atoms with Gasteiger partial charge in [0, 0.05) is 43.6 Å². The average molecular weight is 233 g/mol. The Bertz CT molecular complexity index is 352. The summed E-state index contributed by atoms with van der Waals surface area (Å²) in [6.45, 7) is 10.1. The van der Waals surface area contributed by atoms with Crippen molar-refractivity contribution in [3.05, 3.63) is 30.1 Å². The minimum atomic E-state index is 0.259. The highest BCUT2D eigenvalue weighted by molar-refractivity contribution is 5.09. The number of nitrogens with one attached hydrogen (secondary N) is 1. The maximum Gasteiger partial charge on any atom is 0.0312 e. The normalized spacial score (nSPS) is 30.4. The molecular formula is C14H23N3. The van der Waals surface area contributed by atoms with Crippen molar-refractivity contribution in [3.63, 3.8) is 0 Å². The highest BCUT2D eigenvalue weighted by atomic mass is 15.2. The van der Waals surface area contributed by atoms with Crippen LogP contribution >= 0.6 is 0 Å². The molecule has 2 unspecified atom stereocenters. The van der Waals surface area contributed by atoms with Crippen molar-refractivity contribution in [3.8, 4) is 0 Å². The first-order chi connectivity index (χ1) is 8.13. The number of pyridine rings is 1. The van der Waals surface area contributed by atoms with Crippen LogP contribution in [-0.4, -0.2) is 34.6 Å². The zero-order valence-corrected chi connectivity index (χ0v) is 11.1. The Kier molecular flexibility index (Phi) is 3.79. The minimum Gasteiger partial charge on any atom is -0.309 e. The Morgan fingerprint density at radius 2 is 2.41 bits per heavy atom. The summed E-state index contributed by atoms with van der Waals surface area (Å²) in [5.74, 6) is 0. The van der Waals surface area contributed by atoms with E-state index in [2.05, 4.69) is 42.0 Å². The van der Waals surface area contributed by atoms with Crippen LogP contribution in [0.25, 0.3) is 0 Å². The Labute approximate surface area is 104 Å². The molecule has 3 nitrogen and oxygen atoms in total. The zero-order valence-electron chi connectivity index (χ0n) is 11.1. The van der Waals surface area contributed by atoms with Crippen LogP contribution < -0.4 is 5.32 Å². The van der Waals surface area contributed by atoms with Gasteiger partial charge in [-0.2, -0.15) is 0 Å². The fraction of sp³-hybridized carbons (Fsp3) is 0.643. The van der Waals surface area contributed by atoms with Gasteiger partial charge in [0.05, 0.1) is 0 Å². The summed E-state index contributed by atoms with van der Waals surface area (Å²) in [5.41, 5.74) is 1.56. The lowest BCUT2D eigenvalue weighted by Crippen LogP contribution is -2.61. The minimum absolute atomic E-state index is 0.259. The first-order valence-corrected chi connectivity index (χ1v) is 6.51. The van der Waals surface area contributed by atoms with Crippen LogP contribution in [-0.2, 0) is 6.54 Å². The van der Waals surface area contributed by atoms with Crippen LogP contribution in [0.4, 0.5) is 0 Å². The lowest BCUT2D eigenvalue weighted by atomic mass is 9.93. The van der Waals surface area contributed by atoms with E-state index in [0.717, 1.165) is 19.6 Å². The third-order valence-corrected chi connectivity index (χ3v) is 3.89. The summed E-state index contributed by atoms with van der Waals surface area (Å²) in [5, 5.41) is 3.65. The van der Waals surface area contributed by atoms with Crippen LogP contribution in [0.15, 0.2) is 24.5 Å². The number of hydrogen-bond donors (Lipinski definition) is 1. The molecule has 2 rings (SSSR count). The number of aromatic nitrogens is 1. The average Bonchev–Trinajstić information content (AvgIpc) is 2.35. The highest BCUT2D eigenvalue weighted by Crippen LogP contribution is 2.20. The first kappa shape index (κ1) is 12.5. The van der Waals surface area contributed by atoms with Gasteiger partial charge in [0.15, 0.2) is 0 Å². The van der Waals surface area contributed by atoms with Crippen LogP contribution in [0.1, 0.15) is 32.8 Å². The van der Waals surface area contributed by atoms with Gasteiger partial charge in [-0.1, -0.05) is 13.0 Å². The van der Waals surface area contributed by atoms with Crippen LogP contribution in [0.3, 0.4) is 0 Å². The third-order valence-electron chi connectivity index (χ3n) is 3.89. The second kappa shape index (κ2) is 5.15. The van der Waals surface area contributed by atoms with E-state index >= 15 is 0 Å². The summed E-state index contributed by atoms with van der Waals surface area (Å²) >= 11 is 0. The molecule has 1 aliphatic heterocycles. The van der Waals surface area contributed by atoms with Crippen molar-refractivity contribution in [2.45, 2.75) is 45.3 Å². The van der Waals surface area contributed by atoms with Gasteiger partial charge >= 0.3 is 0 Å². The second-order valence-corrected chi connectivity index (χ2v) is 5.41. The molecule has 2 heterocycles. The summed E-state index contributed by atoms with van der Waals surface area (Å²) < 4.78 is 0. The molecule has 0 aliphatic carbocycles. The molecule has 0 aromatic carbocycles. The van der Waals surface area contributed by atoms with Gasteiger partial charge < -0.3 is 5.32 Å². The molecule has 0 amide bonds. The van der Waals surface area contributed by atoms with Gasteiger partial charge in [-0.05, 0) is 31.9 Å². The van der Waals surface area contributed by atoms with E-state index in [9.17, 15) is 0 Å². The van der Waals surface area contributed by atoms with Crippen LogP contribution in [0.5, 0.6) is 0 Å². The molecule has 3 heteroatoms. The monoisotopic (exact) mass is 233 g/mol. The largest absolute Gasteiger partial charge is 0.309 e. The number of rotatable bonds is 3. The second-order valence-electron chi connectivity index (χ2n) is 5.41. The Morgan fingerprint density at radius 3 is 3.06 bits per heavy atom. The van der Waals surface area contributed by atoms with E-state index in [1.165, 1.54) is 12.0 Å². The zero-order chi connectivity index (χ0) is 12.3. The number of piperazine rings is 1. The predicted molar refractivity (Wildman–Crippen MR) is 70.8 cm³/mol. The van der Waals surface area contributed by atoms with E-state index in [0.29, 0.717) is 6.04 Å². The van der Waals surface area contributed by atoms with Crippen molar-refractivity contribution in [2.75, 3.05) is 13.1 Å². The summed E-state index contributed by atoms with van der Waals surface area (Å²) in [6.07, 6.45) is 4.97. The molecule has 1 fully saturated rings. The van der Waals surface area contributed by atoms with Gasteiger partial charge in [-0.3, -0.25) is 9.88 Å². The molecular weight excluding hydrogens is 210 g/mol. The SMILES string of the molecule is CCC1(C)CN(Cc2cccnc2)C(C)CN1. The number of hydrogen-bond acceptors (Lipinski definition) is 3. The molecule has 1 aliphatic rings. The summed E-state index contributed by atoms with van der Waals surface area (Å²) in [4.78, 5) is 6.74. The van der Waals surface area contributed by atoms with Gasteiger partial charge in [0.2, 0.25) is 0 Å². The van der Waals surface area contributed by atoms with Crippen molar-refractivity contribution in [1.29, 1.82) is 0 Å². The lowest BCUT2D eigenvalue weighted by Gasteiger charge is -2.45. The third kappa shape index (κ3) is 3.05. The maximum atomic E-state index is 4.19. The van der Waals surface area contributed by atoms with E-state index in [1.807, 2.05) is 18.5 Å². The predicted octanol–water partition coefficient (Wildman–Crippen LogP) is 2.04. The molecule has 1 N–H and O–H groups in total. The van der Waals surface area contributed by atoms with E-state index in [4.69, 9.17) is 0 Å². The fourth-order valence-corrected chi connectivity index (χ4v) is 2.36. The van der Waals surface area contributed by atoms with Crippen LogP contribution in [0, 0.1) is 0 Å². The molecule has 0 saturated carbocycles. The van der Waals surface area contributed by atoms with E-state index in [-0.39, 0.29) is 5.54 Å². The smallest absolute Gasteiger partial charge is 0.0312 e. The molecule has 0 radical (unpaired) electrons. The quantitative estimate of drug-likeness (QED) is 0.866. The molecule has 0 bridgehead atoms. The standard InChI is InChI=1S/C14H23N3/c1-4-14(3)11-17(12(2)8-16-14)10-13-6-5-7-15-9-13/h5-7,9,12,16H,4,8,10-11H2,1-3H3. The van der Waals surface area contributed by atoms with Gasteiger partial charge in [0.1, 0.15) is 0 Å². The molecule has 0 spiro atoms. The topological polar surface area (TPSA) is 28.2 Å². The molecule has 2 atom stereocenters. The Hall–Kier alpha value is -0.930. The van der Waals surface area contributed by atoms with Gasteiger partial charge in [-0.25, -0.2) is 0 Å². The molecule has 1 aromatic rings.